The highest BCUT2D eigenvalue weighted by Gasteiger charge is 2.37. The first-order valence-corrected chi connectivity index (χ1v) is 11.0. The van der Waals surface area contributed by atoms with E-state index in [1.54, 1.807) is 12.1 Å². The second-order valence-electron chi connectivity index (χ2n) is 8.87. The first kappa shape index (κ1) is 18.9. The summed E-state index contributed by atoms with van der Waals surface area (Å²) in [6, 6.07) is 7.31. The number of benzene rings is 1. The molecule has 27 heavy (non-hydrogen) atoms. The minimum atomic E-state index is -0.267. The molecule has 0 bridgehead atoms. The average molecular weight is 373 g/mol. The molecule has 4 heteroatoms. The van der Waals surface area contributed by atoms with Crippen LogP contribution in [0.5, 0.6) is 0 Å². The molecule has 2 saturated heterocycles. The van der Waals surface area contributed by atoms with Gasteiger partial charge in [0.15, 0.2) is 0 Å². The Labute approximate surface area is 162 Å². The number of piperidine rings is 2. The van der Waals surface area contributed by atoms with E-state index in [1.807, 2.05) is 11.0 Å². The lowest BCUT2D eigenvalue weighted by molar-refractivity contribution is -0.134. The Morgan fingerprint density at radius 1 is 1.00 bits per heavy atom. The third kappa shape index (κ3) is 4.53. The predicted octanol–water partition coefficient (Wildman–Crippen LogP) is 4.26. The highest BCUT2D eigenvalue weighted by molar-refractivity contribution is 5.79. The van der Waals surface area contributed by atoms with Crippen LogP contribution in [-0.2, 0) is 11.2 Å². The van der Waals surface area contributed by atoms with Gasteiger partial charge in [0.1, 0.15) is 5.82 Å². The maximum atomic E-state index is 13.9. The van der Waals surface area contributed by atoms with Gasteiger partial charge in [-0.15, -0.1) is 0 Å². The van der Waals surface area contributed by atoms with Crippen molar-refractivity contribution in [3.63, 3.8) is 0 Å². The maximum Gasteiger partial charge on any atom is 0.227 e. The Kier molecular flexibility index (Phi) is 6.11. The van der Waals surface area contributed by atoms with Crippen molar-refractivity contribution in [1.29, 1.82) is 0 Å². The zero-order valence-electron chi connectivity index (χ0n) is 16.4. The molecule has 2 atom stereocenters. The van der Waals surface area contributed by atoms with Crippen molar-refractivity contribution in [2.45, 2.75) is 63.8 Å². The Bertz CT molecular complexity index is 643. The van der Waals surface area contributed by atoms with Gasteiger partial charge in [0.25, 0.3) is 0 Å². The van der Waals surface area contributed by atoms with Gasteiger partial charge in [-0.2, -0.15) is 0 Å². The van der Waals surface area contributed by atoms with Crippen LogP contribution in [0.2, 0.25) is 0 Å². The first-order valence-electron chi connectivity index (χ1n) is 11.0. The number of hydrogen-bond donors (Lipinski definition) is 0. The summed E-state index contributed by atoms with van der Waals surface area (Å²) in [5.41, 5.74) is 0.521. The smallest absolute Gasteiger partial charge is 0.227 e. The number of carbonyl (C=O) groups is 1. The summed E-state index contributed by atoms with van der Waals surface area (Å²) in [6.07, 6.45) is 10.8. The minimum Gasteiger partial charge on any atom is -0.342 e. The van der Waals surface area contributed by atoms with Gasteiger partial charge in [0.2, 0.25) is 5.91 Å². The van der Waals surface area contributed by atoms with E-state index >= 15 is 0 Å². The Hall–Kier alpha value is -1.42. The van der Waals surface area contributed by atoms with Crippen molar-refractivity contribution in [3.05, 3.63) is 35.6 Å². The summed E-state index contributed by atoms with van der Waals surface area (Å²) in [6.45, 7) is 4.19. The van der Waals surface area contributed by atoms with Gasteiger partial charge in [0, 0.05) is 25.7 Å². The fourth-order valence-electron chi connectivity index (χ4n) is 5.58. The van der Waals surface area contributed by atoms with Crippen molar-refractivity contribution in [2.75, 3.05) is 26.2 Å². The van der Waals surface area contributed by atoms with Crippen LogP contribution in [-0.4, -0.2) is 47.9 Å². The van der Waals surface area contributed by atoms with Crippen LogP contribution in [0.15, 0.2) is 24.3 Å². The van der Waals surface area contributed by atoms with Crippen molar-refractivity contribution >= 4 is 5.91 Å². The molecule has 3 aliphatic rings. The van der Waals surface area contributed by atoms with Crippen LogP contribution in [0.4, 0.5) is 4.39 Å². The van der Waals surface area contributed by atoms with Gasteiger partial charge >= 0.3 is 0 Å². The lowest BCUT2D eigenvalue weighted by Gasteiger charge is -2.48. The number of nitrogens with zero attached hydrogens (tertiary/aromatic N) is 2. The summed E-state index contributed by atoms with van der Waals surface area (Å²) >= 11 is 0. The first-order chi connectivity index (χ1) is 13.2. The second-order valence-corrected chi connectivity index (χ2v) is 8.87. The number of fused-ring (bicyclic) bond motifs is 1. The van der Waals surface area contributed by atoms with E-state index in [0.717, 1.165) is 25.4 Å². The van der Waals surface area contributed by atoms with Gasteiger partial charge in [-0.1, -0.05) is 37.5 Å². The van der Waals surface area contributed by atoms with E-state index in [4.69, 9.17) is 0 Å². The molecule has 0 N–H and O–H groups in total. The predicted molar refractivity (Wildman–Crippen MR) is 106 cm³/mol. The van der Waals surface area contributed by atoms with Crippen molar-refractivity contribution in [1.82, 2.24) is 9.80 Å². The minimum absolute atomic E-state index is 0.0861. The summed E-state index contributed by atoms with van der Waals surface area (Å²) in [5.74, 6) is 1.30. The molecule has 0 aromatic heterocycles. The molecular weight excluding hydrogens is 339 g/mol. The van der Waals surface area contributed by atoms with Crippen LogP contribution < -0.4 is 0 Å². The van der Waals surface area contributed by atoms with Crippen LogP contribution in [0, 0.1) is 17.7 Å². The fourth-order valence-corrected chi connectivity index (χ4v) is 5.58. The van der Waals surface area contributed by atoms with Crippen molar-refractivity contribution < 1.29 is 9.18 Å². The number of halogens is 1. The lowest BCUT2D eigenvalue weighted by Crippen LogP contribution is -2.56. The Morgan fingerprint density at radius 3 is 2.63 bits per heavy atom. The molecule has 1 aliphatic carbocycles. The molecule has 0 unspecified atom stereocenters. The van der Waals surface area contributed by atoms with E-state index in [2.05, 4.69) is 4.90 Å². The van der Waals surface area contributed by atoms with E-state index in [9.17, 15) is 9.18 Å². The molecule has 1 saturated carbocycles. The van der Waals surface area contributed by atoms with Gasteiger partial charge in [-0.25, -0.2) is 4.39 Å². The number of hydrogen-bond acceptors (Lipinski definition) is 2. The van der Waals surface area contributed by atoms with Gasteiger partial charge < -0.3 is 4.90 Å². The summed E-state index contributed by atoms with van der Waals surface area (Å²) in [4.78, 5) is 17.5. The monoisotopic (exact) mass is 372 g/mol. The van der Waals surface area contributed by atoms with E-state index in [0.29, 0.717) is 17.5 Å². The van der Waals surface area contributed by atoms with E-state index < -0.39 is 0 Å². The van der Waals surface area contributed by atoms with Gasteiger partial charge in [-0.05, 0) is 62.1 Å². The van der Waals surface area contributed by atoms with Crippen LogP contribution in [0.1, 0.15) is 56.9 Å². The normalized spacial score (nSPS) is 27.4. The molecule has 148 valence electrons. The molecule has 4 rings (SSSR count). The average Bonchev–Trinajstić information content (AvgIpc) is 2.70. The van der Waals surface area contributed by atoms with Crippen molar-refractivity contribution in [3.8, 4) is 0 Å². The second kappa shape index (κ2) is 8.72. The number of likely N-dealkylation sites (tertiary alicyclic amines) is 2. The number of carbonyl (C=O) groups excluding carboxylic acids is 1. The Morgan fingerprint density at radius 2 is 1.81 bits per heavy atom. The van der Waals surface area contributed by atoms with E-state index in [1.165, 1.54) is 64.1 Å². The molecule has 0 spiro atoms. The lowest BCUT2D eigenvalue weighted by atomic mass is 9.81. The molecule has 1 aromatic carbocycles. The van der Waals surface area contributed by atoms with Crippen LogP contribution in [0.25, 0.3) is 0 Å². The Balaban J connectivity index is 1.34. The highest BCUT2D eigenvalue weighted by atomic mass is 19.1. The number of rotatable bonds is 4. The molecular formula is C23H33FN2O. The van der Waals surface area contributed by atoms with Crippen LogP contribution in [0.3, 0.4) is 0 Å². The largest absolute Gasteiger partial charge is 0.342 e. The maximum absolute atomic E-state index is 13.9. The quantitative estimate of drug-likeness (QED) is 0.788. The standard InChI is InChI=1S/C23H33FN2O/c24-21-11-5-4-9-19(21)15-23(27)26-14-12-22-20(17-26)10-6-13-25(22)16-18-7-2-1-3-8-18/h4-5,9,11,18,20,22H,1-3,6-8,10,12-17H2/t20-,22+/m1/s1. The highest BCUT2D eigenvalue weighted by Crippen LogP contribution is 2.33. The molecule has 3 nitrogen and oxygen atoms in total. The van der Waals surface area contributed by atoms with Crippen molar-refractivity contribution in [2.24, 2.45) is 11.8 Å². The molecule has 1 aromatic rings. The molecule has 3 fully saturated rings. The molecule has 1 amide bonds. The molecule has 2 heterocycles. The van der Waals surface area contributed by atoms with Gasteiger partial charge in [-0.3, -0.25) is 9.69 Å². The van der Waals surface area contributed by atoms with Crippen LogP contribution >= 0.6 is 0 Å². The summed E-state index contributed by atoms with van der Waals surface area (Å²) in [5, 5.41) is 0. The topological polar surface area (TPSA) is 23.6 Å². The summed E-state index contributed by atoms with van der Waals surface area (Å²) < 4.78 is 13.9. The third-order valence-corrected chi connectivity index (χ3v) is 7.05. The zero-order chi connectivity index (χ0) is 18.6. The SMILES string of the molecule is O=C(Cc1ccccc1F)N1CC[C@H]2[C@H](CCCN2CC2CCCCC2)C1. The molecule has 2 aliphatic heterocycles. The third-order valence-electron chi connectivity index (χ3n) is 7.05. The number of amides is 1. The van der Waals surface area contributed by atoms with E-state index in [-0.39, 0.29) is 18.1 Å². The zero-order valence-corrected chi connectivity index (χ0v) is 16.4. The summed E-state index contributed by atoms with van der Waals surface area (Å²) in [7, 11) is 0. The molecule has 0 radical (unpaired) electrons. The van der Waals surface area contributed by atoms with Gasteiger partial charge in [0.05, 0.1) is 6.42 Å². The fraction of sp³-hybridized carbons (Fsp3) is 0.696.